The highest BCUT2D eigenvalue weighted by Crippen LogP contribution is 2.21. The lowest BCUT2D eigenvalue weighted by atomic mass is 10.0. The molecular weight excluding hydrogens is 292 g/mol. The average Bonchev–Trinajstić information content (AvgIpc) is 2.48. The van der Waals surface area contributed by atoms with Crippen LogP contribution in [0, 0.1) is 0 Å². The minimum absolute atomic E-state index is 0. The maximum atomic E-state index is 12.3. The Morgan fingerprint density at radius 3 is 2.52 bits per heavy atom. The van der Waals surface area contributed by atoms with E-state index in [9.17, 15) is 9.59 Å². The number of piperazine rings is 1. The van der Waals surface area contributed by atoms with Gasteiger partial charge in [-0.15, -0.1) is 12.4 Å². The van der Waals surface area contributed by atoms with E-state index in [0.717, 1.165) is 31.7 Å². The Bertz CT molecular complexity index is 514. The average molecular weight is 313 g/mol. The molecular formula is C15H21ClN2O3. The summed E-state index contributed by atoms with van der Waals surface area (Å²) in [5.74, 6) is 0.715. The number of amides is 1. The van der Waals surface area contributed by atoms with Crippen LogP contribution >= 0.6 is 12.4 Å². The summed E-state index contributed by atoms with van der Waals surface area (Å²) in [5.41, 5.74) is 1.37. The number of carbonyl (C=O) groups is 2. The van der Waals surface area contributed by atoms with E-state index < -0.39 is 0 Å². The van der Waals surface area contributed by atoms with Gasteiger partial charge in [0.05, 0.1) is 13.5 Å². The minimum atomic E-state index is -0.0106. The number of rotatable bonds is 4. The fourth-order valence-corrected chi connectivity index (χ4v) is 2.32. The number of nitrogens with one attached hydrogen (secondary N) is 1. The molecule has 0 spiro atoms. The van der Waals surface area contributed by atoms with E-state index in [4.69, 9.17) is 4.74 Å². The second kappa shape index (κ2) is 8.00. The van der Waals surface area contributed by atoms with Crippen LogP contribution in [0.1, 0.15) is 22.8 Å². The van der Waals surface area contributed by atoms with Crippen molar-refractivity contribution in [2.45, 2.75) is 13.3 Å². The van der Waals surface area contributed by atoms with Crippen LogP contribution in [-0.4, -0.2) is 49.9 Å². The van der Waals surface area contributed by atoms with E-state index in [1.54, 1.807) is 25.3 Å². The molecule has 1 aromatic rings. The van der Waals surface area contributed by atoms with Gasteiger partial charge in [-0.1, -0.05) is 0 Å². The van der Waals surface area contributed by atoms with E-state index in [1.165, 1.54) is 6.92 Å². The number of ether oxygens (including phenoxy) is 1. The highest BCUT2D eigenvalue weighted by molar-refractivity contribution is 5.94. The van der Waals surface area contributed by atoms with Crippen molar-refractivity contribution in [2.24, 2.45) is 0 Å². The molecule has 116 valence electrons. The third kappa shape index (κ3) is 4.44. The van der Waals surface area contributed by atoms with Crippen LogP contribution < -0.4 is 10.1 Å². The van der Waals surface area contributed by atoms with Gasteiger partial charge in [0.15, 0.2) is 5.78 Å². The molecule has 6 heteroatoms. The van der Waals surface area contributed by atoms with E-state index >= 15 is 0 Å². The van der Waals surface area contributed by atoms with Gasteiger partial charge in [-0.2, -0.15) is 0 Å². The molecule has 0 atom stereocenters. The summed E-state index contributed by atoms with van der Waals surface area (Å²) in [6.07, 6.45) is 0.268. The predicted molar refractivity (Wildman–Crippen MR) is 83.4 cm³/mol. The monoisotopic (exact) mass is 312 g/mol. The molecule has 1 saturated heterocycles. The van der Waals surface area contributed by atoms with Crippen molar-refractivity contribution >= 4 is 24.1 Å². The molecule has 0 unspecified atom stereocenters. The summed E-state index contributed by atoms with van der Waals surface area (Å²) in [6.45, 7) is 4.64. The van der Waals surface area contributed by atoms with Gasteiger partial charge >= 0.3 is 0 Å². The molecule has 0 saturated carbocycles. The molecule has 0 radical (unpaired) electrons. The number of nitrogens with zero attached hydrogens (tertiary/aromatic N) is 1. The second-order valence-corrected chi connectivity index (χ2v) is 4.89. The van der Waals surface area contributed by atoms with Gasteiger partial charge in [0.1, 0.15) is 5.75 Å². The number of hydrogen-bond donors (Lipinski definition) is 1. The van der Waals surface area contributed by atoms with Crippen molar-refractivity contribution in [2.75, 3.05) is 33.3 Å². The fourth-order valence-electron chi connectivity index (χ4n) is 2.32. The first-order valence-corrected chi connectivity index (χ1v) is 6.78. The Morgan fingerprint density at radius 1 is 1.29 bits per heavy atom. The molecule has 1 aliphatic heterocycles. The van der Waals surface area contributed by atoms with Gasteiger partial charge in [-0.3, -0.25) is 9.59 Å². The number of Topliss-reactive ketones (excluding diaryl/α,β-unsaturated/α-hetero) is 1. The lowest BCUT2D eigenvalue weighted by Crippen LogP contribution is -2.46. The number of ketones is 1. The lowest BCUT2D eigenvalue weighted by molar-refractivity contribution is -0.131. The third-order valence-electron chi connectivity index (χ3n) is 3.50. The smallest absolute Gasteiger partial charge is 0.227 e. The topological polar surface area (TPSA) is 58.6 Å². The normalized spacial score (nSPS) is 14.3. The Morgan fingerprint density at radius 2 is 1.95 bits per heavy atom. The molecule has 0 aromatic heterocycles. The number of benzene rings is 1. The Balaban J connectivity index is 0.00000220. The summed E-state index contributed by atoms with van der Waals surface area (Å²) in [4.78, 5) is 25.6. The van der Waals surface area contributed by atoms with Crippen molar-refractivity contribution < 1.29 is 14.3 Å². The third-order valence-corrected chi connectivity index (χ3v) is 3.50. The largest absolute Gasteiger partial charge is 0.496 e. The Hall–Kier alpha value is -1.59. The van der Waals surface area contributed by atoms with Gasteiger partial charge in [-0.25, -0.2) is 0 Å². The zero-order valence-electron chi connectivity index (χ0n) is 12.3. The molecule has 1 amide bonds. The molecule has 1 aliphatic rings. The van der Waals surface area contributed by atoms with E-state index in [2.05, 4.69) is 5.32 Å². The predicted octanol–water partition coefficient (Wildman–Crippen LogP) is 1.29. The summed E-state index contributed by atoms with van der Waals surface area (Å²) in [5, 5.41) is 3.22. The molecule has 1 heterocycles. The quantitative estimate of drug-likeness (QED) is 0.851. The first-order chi connectivity index (χ1) is 9.61. The van der Waals surface area contributed by atoms with Crippen LogP contribution in [0.15, 0.2) is 18.2 Å². The van der Waals surface area contributed by atoms with Gasteiger partial charge in [0.2, 0.25) is 5.91 Å². The van der Waals surface area contributed by atoms with Crippen molar-refractivity contribution in [3.8, 4) is 5.75 Å². The van der Waals surface area contributed by atoms with E-state index in [1.807, 2.05) is 4.90 Å². The van der Waals surface area contributed by atoms with Crippen molar-refractivity contribution in [3.63, 3.8) is 0 Å². The van der Waals surface area contributed by atoms with Crippen molar-refractivity contribution in [3.05, 3.63) is 29.3 Å². The number of methoxy groups -OCH3 is 1. The Labute approximate surface area is 131 Å². The van der Waals surface area contributed by atoms with Crippen LogP contribution in [0.25, 0.3) is 0 Å². The standard InChI is InChI=1S/C15H20N2O3.ClH/c1-11(18)12-3-4-14(20-2)13(9-12)10-15(19)17-7-5-16-6-8-17;/h3-4,9,16H,5-8,10H2,1-2H3;1H. The van der Waals surface area contributed by atoms with E-state index in [0.29, 0.717) is 11.3 Å². The maximum absolute atomic E-state index is 12.3. The number of carbonyl (C=O) groups excluding carboxylic acids is 2. The second-order valence-electron chi connectivity index (χ2n) is 4.89. The van der Waals surface area contributed by atoms with Crippen LogP contribution in [0.5, 0.6) is 5.75 Å². The molecule has 1 N–H and O–H groups in total. The Kier molecular flexibility index (Phi) is 6.65. The van der Waals surface area contributed by atoms with Crippen molar-refractivity contribution in [1.82, 2.24) is 10.2 Å². The molecule has 2 rings (SSSR count). The number of hydrogen-bond acceptors (Lipinski definition) is 4. The molecule has 21 heavy (non-hydrogen) atoms. The van der Waals surface area contributed by atoms with Crippen molar-refractivity contribution in [1.29, 1.82) is 0 Å². The fraction of sp³-hybridized carbons (Fsp3) is 0.467. The zero-order valence-corrected chi connectivity index (χ0v) is 13.2. The van der Waals surface area contributed by atoms with Crippen LogP contribution in [0.2, 0.25) is 0 Å². The molecule has 0 aliphatic carbocycles. The number of halogens is 1. The van der Waals surface area contributed by atoms with Crippen LogP contribution in [0.3, 0.4) is 0 Å². The lowest BCUT2D eigenvalue weighted by Gasteiger charge is -2.27. The van der Waals surface area contributed by atoms with Gasteiger partial charge in [0.25, 0.3) is 0 Å². The molecule has 0 bridgehead atoms. The molecule has 1 fully saturated rings. The van der Waals surface area contributed by atoms with Gasteiger partial charge in [0, 0.05) is 37.3 Å². The summed E-state index contributed by atoms with van der Waals surface area (Å²) < 4.78 is 5.27. The first-order valence-electron chi connectivity index (χ1n) is 6.78. The van der Waals surface area contributed by atoms with E-state index in [-0.39, 0.29) is 30.5 Å². The maximum Gasteiger partial charge on any atom is 0.227 e. The van der Waals surface area contributed by atoms with Crippen LogP contribution in [0.4, 0.5) is 0 Å². The summed E-state index contributed by atoms with van der Waals surface area (Å²) >= 11 is 0. The molecule has 5 nitrogen and oxygen atoms in total. The van der Waals surface area contributed by atoms with Gasteiger partial charge in [-0.05, 0) is 25.1 Å². The first kappa shape index (κ1) is 17.5. The summed E-state index contributed by atoms with van der Waals surface area (Å²) in [7, 11) is 1.57. The molecule has 1 aromatic carbocycles. The highest BCUT2D eigenvalue weighted by Gasteiger charge is 2.18. The van der Waals surface area contributed by atoms with Gasteiger partial charge < -0.3 is 15.0 Å². The minimum Gasteiger partial charge on any atom is -0.496 e. The SMILES string of the molecule is COc1ccc(C(C)=O)cc1CC(=O)N1CCNCC1.Cl. The van der Waals surface area contributed by atoms with Crippen LogP contribution in [-0.2, 0) is 11.2 Å². The zero-order chi connectivity index (χ0) is 14.5. The summed E-state index contributed by atoms with van der Waals surface area (Å²) in [6, 6.07) is 5.22. The highest BCUT2D eigenvalue weighted by atomic mass is 35.5.